The summed E-state index contributed by atoms with van der Waals surface area (Å²) in [6, 6.07) is 12.3. The van der Waals surface area contributed by atoms with Gasteiger partial charge in [-0.3, -0.25) is 0 Å². The van der Waals surface area contributed by atoms with Crippen LogP contribution in [0, 0.1) is 5.82 Å². The number of benzene rings is 2. The van der Waals surface area contributed by atoms with Crippen molar-refractivity contribution >= 4 is 17.2 Å². The lowest BCUT2D eigenvalue weighted by molar-refractivity contribution is 0.631. The second-order valence-corrected chi connectivity index (χ2v) is 3.86. The standard InChI is InChI=1S/C12H8F3NS/c13-11-7-3-1-5-9(11)10-6-2-4-8-12(10)16-17(14)15/h1-8H. The van der Waals surface area contributed by atoms with Gasteiger partial charge in [0.25, 0.3) is 11.5 Å². The second kappa shape index (κ2) is 5.14. The fourth-order valence-electron chi connectivity index (χ4n) is 1.53. The molecule has 0 aromatic heterocycles. The highest BCUT2D eigenvalue weighted by molar-refractivity contribution is 7.77. The summed E-state index contributed by atoms with van der Waals surface area (Å²) in [5.74, 6) is -0.451. The first kappa shape index (κ1) is 11.9. The third-order valence-corrected chi connectivity index (χ3v) is 2.57. The summed E-state index contributed by atoms with van der Waals surface area (Å²) in [4.78, 5) is 0. The molecule has 0 bridgehead atoms. The van der Waals surface area contributed by atoms with Gasteiger partial charge in [-0.05, 0) is 12.1 Å². The van der Waals surface area contributed by atoms with Crippen LogP contribution < -0.4 is 0 Å². The molecule has 5 heteroatoms. The van der Waals surface area contributed by atoms with E-state index in [-0.39, 0.29) is 11.3 Å². The van der Waals surface area contributed by atoms with E-state index in [4.69, 9.17) is 0 Å². The van der Waals surface area contributed by atoms with Gasteiger partial charge in [-0.15, -0.1) is 7.77 Å². The third-order valence-electron chi connectivity index (χ3n) is 2.24. The van der Waals surface area contributed by atoms with Crippen molar-refractivity contribution < 1.29 is 12.2 Å². The average molecular weight is 255 g/mol. The maximum absolute atomic E-state index is 13.6. The Morgan fingerprint density at radius 2 is 1.41 bits per heavy atom. The van der Waals surface area contributed by atoms with E-state index in [9.17, 15) is 12.2 Å². The van der Waals surface area contributed by atoms with E-state index in [0.29, 0.717) is 5.56 Å². The SMILES string of the molecule is Fc1ccccc1-c1ccccc1N=S(F)F. The molecule has 0 amide bonds. The minimum absolute atomic E-state index is 0.103. The van der Waals surface area contributed by atoms with Crippen molar-refractivity contribution in [2.24, 2.45) is 4.36 Å². The summed E-state index contributed by atoms with van der Waals surface area (Å²) in [6.07, 6.45) is 0. The molecule has 0 saturated carbocycles. The predicted octanol–water partition coefficient (Wildman–Crippen LogP) is 4.70. The topological polar surface area (TPSA) is 12.4 Å². The monoisotopic (exact) mass is 255 g/mol. The Labute approximate surface area is 99.6 Å². The van der Waals surface area contributed by atoms with Crippen LogP contribution in [0.15, 0.2) is 52.9 Å². The molecule has 2 aromatic carbocycles. The summed E-state index contributed by atoms with van der Waals surface area (Å²) in [5, 5.41) is 0. The van der Waals surface area contributed by atoms with Crippen LogP contribution in [-0.2, 0) is 11.5 Å². The predicted molar refractivity (Wildman–Crippen MR) is 63.5 cm³/mol. The molecule has 17 heavy (non-hydrogen) atoms. The highest BCUT2D eigenvalue weighted by atomic mass is 32.2. The van der Waals surface area contributed by atoms with Gasteiger partial charge in [0.15, 0.2) is 0 Å². The summed E-state index contributed by atoms with van der Waals surface area (Å²) in [5.41, 5.74) is 0.752. The molecule has 0 atom stereocenters. The van der Waals surface area contributed by atoms with Crippen LogP contribution in [0.25, 0.3) is 11.1 Å². The van der Waals surface area contributed by atoms with Crippen molar-refractivity contribution in [3.05, 3.63) is 54.3 Å². The van der Waals surface area contributed by atoms with E-state index < -0.39 is 17.3 Å². The molecule has 2 rings (SSSR count). The summed E-state index contributed by atoms with van der Waals surface area (Å²) < 4.78 is 41.3. The van der Waals surface area contributed by atoms with E-state index in [0.717, 1.165) is 0 Å². The molecule has 0 unspecified atom stereocenters. The fourth-order valence-corrected chi connectivity index (χ4v) is 1.84. The third kappa shape index (κ3) is 2.74. The molecule has 0 N–H and O–H groups in total. The van der Waals surface area contributed by atoms with Gasteiger partial charge in [0.2, 0.25) is 0 Å². The van der Waals surface area contributed by atoms with Gasteiger partial charge in [-0.2, -0.15) is 4.36 Å². The molecule has 88 valence electrons. The van der Waals surface area contributed by atoms with Gasteiger partial charge in [-0.1, -0.05) is 36.4 Å². The molecule has 1 nitrogen and oxygen atoms in total. The van der Waals surface area contributed by atoms with E-state index in [1.807, 2.05) is 0 Å². The first-order valence-corrected chi connectivity index (χ1v) is 5.79. The van der Waals surface area contributed by atoms with Crippen LogP contribution in [0.2, 0.25) is 0 Å². The molecule has 0 radical (unpaired) electrons. The lowest BCUT2D eigenvalue weighted by Crippen LogP contribution is -1.84. The quantitative estimate of drug-likeness (QED) is 0.737. The maximum atomic E-state index is 13.6. The van der Waals surface area contributed by atoms with Crippen molar-refractivity contribution in [1.82, 2.24) is 0 Å². The van der Waals surface area contributed by atoms with Crippen molar-refractivity contribution in [3.63, 3.8) is 0 Å². The van der Waals surface area contributed by atoms with E-state index in [2.05, 4.69) is 4.36 Å². The molecule has 0 aliphatic heterocycles. The van der Waals surface area contributed by atoms with E-state index in [1.54, 1.807) is 30.3 Å². The maximum Gasteiger partial charge on any atom is 0.266 e. The van der Waals surface area contributed by atoms with Crippen LogP contribution >= 0.6 is 0 Å². The van der Waals surface area contributed by atoms with Crippen molar-refractivity contribution in [1.29, 1.82) is 0 Å². The normalized spacial score (nSPS) is 10.6. The Morgan fingerprint density at radius 1 is 0.824 bits per heavy atom. The van der Waals surface area contributed by atoms with E-state index >= 15 is 0 Å². The van der Waals surface area contributed by atoms with Gasteiger partial charge in [0.1, 0.15) is 5.82 Å². The fraction of sp³-hybridized carbons (Fsp3) is 0. The Balaban J connectivity index is 2.60. The first-order valence-electron chi connectivity index (χ1n) is 4.81. The number of nitrogens with zero attached hydrogens (tertiary/aromatic N) is 1. The largest absolute Gasteiger partial charge is 0.266 e. The second-order valence-electron chi connectivity index (χ2n) is 3.28. The van der Waals surface area contributed by atoms with Crippen LogP contribution in [0.3, 0.4) is 0 Å². The van der Waals surface area contributed by atoms with Crippen LogP contribution in [-0.4, -0.2) is 0 Å². The van der Waals surface area contributed by atoms with E-state index in [1.165, 1.54) is 18.2 Å². The van der Waals surface area contributed by atoms with Gasteiger partial charge in [0, 0.05) is 11.1 Å². The smallest absolute Gasteiger partial charge is 0.206 e. The zero-order valence-electron chi connectivity index (χ0n) is 8.61. The molecule has 2 aromatic rings. The molecule has 0 aliphatic rings. The summed E-state index contributed by atoms with van der Waals surface area (Å²) >= 11 is -3.05. The summed E-state index contributed by atoms with van der Waals surface area (Å²) in [6.45, 7) is 0. The zero-order valence-corrected chi connectivity index (χ0v) is 9.42. The van der Waals surface area contributed by atoms with Gasteiger partial charge in [0.05, 0.1) is 5.69 Å². The number of hydrogen-bond acceptors (Lipinski definition) is 1. The van der Waals surface area contributed by atoms with Gasteiger partial charge >= 0.3 is 0 Å². The van der Waals surface area contributed by atoms with Crippen molar-refractivity contribution in [2.75, 3.05) is 0 Å². The summed E-state index contributed by atoms with van der Waals surface area (Å²) in [7, 11) is 0. The first-order chi connectivity index (χ1) is 8.18. The lowest BCUT2D eigenvalue weighted by atomic mass is 10.0. The molecule has 0 spiro atoms. The van der Waals surface area contributed by atoms with Crippen LogP contribution in [0.4, 0.5) is 17.8 Å². The number of halogens is 3. The molecular weight excluding hydrogens is 247 g/mol. The minimum atomic E-state index is -3.05. The average Bonchev–Trinajstić information content (AvgIpc) is 2.30. The molecule has 0 aliphatic carbocycles. The Hall–Kier alpha value is -1.62. The zero-order chi connectivity index (χ0) is 12.3. The molecule has 0 fully saturated rings. The number of hydrogen-bond donors (Lipinski definition) is 0. The van der Waals surface area contributed by atoms with Crippen LogP contribution in [0.1, 0.15) is 0 Å². The molecular formula is C12H8F3NS. The van der Waals surface area contributed by atoms with Crippen molar-refractivity contribution in [2.45, 2.75) is 0 Å². The Morgan fingerprint density at radius 3 is 2.06 bits per heavy atom. The minimum Gasteiger partial charge on any atom is -0.206 e. The van der Waals surface area contributed by atoms with Gasteiger partial charge in [-0.25, -0.2) is 4.39 Å². The lowest BCUT2D eigenvalue weighted by Gasteiger charge is -2.05. The van der Waals surface area contributed by atoms with Gasteiger partial charge < -0.3 is 0 Å². The Kier molecular flexibility index (Phi) is 3.58. The highest BCUT2D eigenvalue weighted by Gasteiger charge is 2.08. The van der Waals surface area contributed by atoms with Crippen LogP contribution in [0.5, 0.6) is 0 Å². The molecule has 0 saturated heterocycles. The Bertz CT molecular complexity index is 565. The van der Waals surface area contributed by atoms with Crippen molar-refractivity contribution in [3.8, 4) is 11.1 Å². The molecule has 0 heterocycles. The number of rotatable bonds is 2. The highest BCUT2D eigenvalue weighted by Crippen LogP contribution is 2.32.